The molecule has 1 aromatic carbocycles. The summed E-state index contributed by atoms with van der Waals surface area (Å²) < 4.78 is 4.94. The van der Waals surface area contributed by atoms with Crippen molar-refractivity contribution in [1.29, 1.82) is 0 Å². The zero-order valence-corrected chi connectivity index (χ0v) is 11.9. The molecule has 0 saturated heterocycles. The fourth-order valence-corrected chi connectivity index (χ4v) is 1.85. The summed E-state index contributed by atoms with van der Waals surface area (Å²) in [5, 5.41) is 15.3. The van der Waals surface area contributed by atoms with Gasteiger partial charge in [-0.3, -0.25) is 4.79 Å². The van der Waals surface area contributed by atoms with Crippen molar-refractivity contribution in [1.82, 2.24) is 10.5 Å². The van der Waals surface area contributed by atoms with E-state index < -0.39 is 0 Å². The van der Waals surface area contributed by atoms with Gasteiger partial charge in [0.1, 0.15) is 18.1 Å². The van der Waals surface area contributed by atoms with Gasteiger partial charge in [0.25, 0.3) is 5.91 Å². The van der Waals surface area contributed by atoms with Gasteiger partial charge in [-0.2, -0.15) is 0 Å². The average molecular weight is 284 g/mol. The van der Waals surface area contributed by atoms with Gasteiger partial charge in [-0.25, -0.2) is 0 Å². The number of carbonyl (C=O) groups excluding carboxylic acids is 1. The van der Waals surface area contributed by atoms with E-state index >= 15 is 0 Å². The SMILES string of the molecule is Cc1cc(CNC(=O)c2ccc(C#CCO)c(C)c2)no1. The molecule has 5 nitrogen and oxygen atoms in total. The van der Waals surface area contributed by atoms with E-state index in [4.69, 9.17) is 9.63 Å². The van der Waals surface area contributed by atoms with Gasteiger partial charge < -0.3 is 14.9 Å². The molecule has 0 spiro atoms. The Kier molecular flexibility index (Phi) is 4.75. The van der Waals surface area contributed by atoms with E-state index in [1.54, 1.807) is 31.2 Å². The highest BCUT2D eigenvalue weighted by Gasteiger charge is 2.08. The highest BCUT2D eigenvalue weighted by molar-refractivity contribution is 5.94. The van der Waals surface area contributed by atoms with Gasteiger partial charge in [-0.05, 0) is 37.6 Å². The van der Waals surface area contributed by atoms with E-state index in [2.05, 4.69) is 22.3 Å². The lowest BCUT2D eigenvalue weighted by Crippen LogP contribution is -2.23. The van der Waals surface area contributed by atoms with Crippen molar-refractivity contribution in [2.75, 3.05) is 6.61 Å². The predicted octanol–water partition coefficient (Wildman–Crippen LogP) is 1.57. The second-order valence-electron chi connectivity index (χ2n) is 4.60. The molecule has 0 saturated carbocycles. The molecule has 2 rings (SSSR count). The normalized spacial score (nSPS) is 9.86. The standard InChI is InChI=1S/C16H16N2O3/c1-11-8-14(6-5-13(11)4-3-7-19)16(20)17-10-15-9-12(2)21-18-15/h5-6,8-9,19H,7,10H2,1-2H3,(H,17,20). The van der Waals surface area contributed by atoms with E-state index in [9.17, 15) is 4.79 Å². The van der Waals surface area contributed by atoms with Crippen LogP contribution < -0.4 is 5.32 Å². The molecule has 0 atom stereocenters. The number of aliphatic hydroxyl groups is 1. The maximum atomic E-state index is 12.1. The fraction of sp³-hybridized carbons (Fsp3) is 0.250. The second-order valence-corrected chi connectivity index (χ2v) is 4.60. The number of aromatic nitrogens is 1. The molecule has 0 aliphatic heterocycles. The molecular weight excluding hydrogens is 268 g/mol. The Hall–Kier alpha value is -2.58. The molecule has 0 fully saturated rings. The Morgan fingerprint density at radius 1 is 1.38 bits per heavy atom. The molecule has 0 bridgehead atoms. The highest BCUT2D eigenvalue weighted by atomic mass is 16.5. The van der Waals surface area contributed by atoms with E-state index in [0.29, 0.717) is 23.6 Å². The highest BCUT2D eigenvalue weighted by Crippen LogP contribution is 2.10. The summed E-state index contributed by atoms with van der Waals surface area (Å²) in [5.74, 6) is 5.95. The van der Waals surface area contributed by atoms with Crippen LogP contribution in [-0.4, -0.2) is 22.8 Å². The molecule has 2 aromatic rings. The van der Waals surface area contributed by atoms with E-state index in [1.165, 1.54) is 0 Å². The monoisotopic (exact) mass is 284 g/mol. The van der Waals surface area contributed by atoms with Crippen LogP contribution in [0, 0.1) is 25.7 Å². The smallest absolute Gasteiger partial charge is 0.251 e. The first kappa shape index (κ1) is 14.8. The number of benzene rings is 1. The Labute approximate surface area is 123 Å². The lowest BCUT2D eigenvalue weighted by atomic mass is 10.0. The van der Waals surface area contributed by atoms with Crippen LogP contribution >= 0.6 is 0 Å². The van der Waals surface area contributed by atoms with Crippen molar-refractivity contribution >= 4 is 5.91 Å². The third-order valence-electron chi connectivity index (χ3n) is 2.90. The second kappa shape index (κ2) is 6.73. The minimum atomic E-state index is -0.182. The maximum absolute atomic E-state index is 12.1. The van der Waals surface area contributed by atoms with Crippen LogP contribution in [0.25, 0.3) is 0 Å². The molecule has 5 heteroatoms. The van der Waals surface area contributed by atoms with Crippen molar-refractivity contribution in [3.8, 4) is 11.8 Å². The minimum Gasteiger partial charge on any atom is -0.384 e. The molecule has 2 N–H and O–H groups in total. The number of carbonyl (C=O) groups is 1. The van der Waals surface area contributed by atoms with Gasteiger partial charge in [-0.1, -0.05) is 17.0 Å². The topological polar surface area (TPSA) is 75.4 Å². The molecule has 0 unspecified atom stereocenters. The molecule has 1 heterocycles. The third-order valence-corrected chi connectivity index (χ3v) is 2.90. The average Bonchev–Trinajstić information content (AvgIpc) is 2.89. The Balaban J connectivity index is 2.04. The van der Waals surface area contributed by atoms with Gasteiger partial charge in [0.2, 0.25) is 0 Å². The van der Waals surface area contributed by atoms with Crippen LogP contribution in [0.2, 0.25) is 0 Å². The van der Waals surface area contributed by atoms with E-state index in [1.807, 2.05) is 6.92 Å². The van der Waals surface area contributed by atoms with Crippen molar-refractivity contribution in [3.63, 3.8) is 0 Å². The van der Waals surface area contributed by atoms with Crippen LogP contribution in [0.3, 0.4) is 0 Å². The van der Waals surface area contributed by atoms with Crippen molar-refractivity contribution in [2.24, 2.45) is 0 Å². The van der Waals surface area contributed by atoms with E-state index in [-0.39, 0.29) is 12.5 Å². The van der Waals surface area contributed by atoms with Gasteiger partial charge in [0, 0.05) is 17.2 Å². The summed E-state index contributed by atoms with van der Waals surface area (Å²) in [6, 6.07) is 7.02. The zero-order valence-electron chi connectivity index (χ0n) is 11.9. The maximum Gasteiger partial charge on any atom is 0.251 e. The van der Waals surface area contributed by atoms with Crippen LogP contribution in [0.4, 0.5) is 0 Å². The fourth-order valence-electron chi connectivity index (χ4n) is 1.85. The zero-order chi connectivity index (χ0) is 15.2. The first-order valence-corrected chi connectivity index (χ1v) is 6.51. The van der Waals surface area contributed by atoms with Crippen molar-refractivity contribution in [3.05, 3.63) is 52.4 Å². The van der Waals surface area contributed by atoms with Crippen LogP contribution in [0.5, 0.6) is 0 Å². The molecule has 0 radical (unpaired) electrons. The van der Waals surface area contributed by atoms with Gasteiger partial charge in [0.05, 0.1) is 6.54 Å². The van der Waals surface area contributed by atoms with E-state index in [0.717, 1.165) is 11.1 Å². The number of aliphatic hydroxyl groups excluding tert-OH is 1. The summed E-state index contributed by atoms with van der Waals surface area (Å²) in [4.78, 5) is 12.1. The molecule has 21 heavy (non-hydrogen) atoms. The first-order valence-electron chi connectivity index (χ1n) is 6.51. The predicted molar refractivity (Wildman–Crippen MR) is 77.6 cm³/mol. The molecule has 0 aliphatic rings. The lowest BCUT2D eigenvalue weighted by Gasteiger charge is -2.05. The molecule has 1 amide bonds. The van der Waals surface area contributed by atoms with Crippen LogP contribution in [-0.2, 0) is 6.54 Å². The summed E-state index contributed by atoms with van der Waals surface area (Å²) in [6.07, 6.45) is 0. The van der Waals surface area contributed by atoms with Crippen molar-refractivity contribution in [2.45, 2.75) is 20.4 Å². The van der Waals surface area contributed by atoms with Crippen molar-refractivity contribution < 1.29 is 14.4 Å². The lowest BCUT2D eigenvalue weighted by molar-refractivity contribution is 0.0950. The molecular formula is C16H16N2O3. The first-order chi connectivity index (χ1) is 10.1. The quantitative estimate of drug-likeness (QED) is 0.839. The number of hydrogen-bond acceptors (Lipinski definition) is 4. The number of nitrogens with zero attached hydrogens (tertiary/aromatic N) is 1. The van der Waals surface area contributed by atoms with Crippen LogP contribution in [0.15, 0.2) is 28.8 Å². The molecule has 108 valence electrons. The van der Waals surface area contributed by atoms with Gasteiger partial charge in [0.15, 0.2) is 0 Å². The minimum absolute atomic E-state index is 0.180. The summed E-state index contributed by atoms with van der Waals surface area (Å²) in [7, 11) is 0. The Morgan fingerprint density at radius 2 is 2.19 bits per heavy atom. The number of aryl methyl sites for hydroxylation is 2. The molecule has 1 aromatic heterocycles. The summed E-state index contributed by atoms with van der Waals surface area (Å²) >= 11 is 0. The largest absolute Gasteiger partial charge is 0.384 e. The van der Waals surface area contributed by atoms with Crippen LogP contribution in [0.1, 0.15) is 32.9 Å². The number of nitrogens with one attached hydrogen (secondary N) is 1. The van der Waals surface area contributed by atoms with Gasteiger partial charge in [-0.15, -0.1) is 0 Å². The summed E-state index contributed by atoms with van der Waals surface area (Å²) in [5.41, 5.74) is 2.93. The van der Waals surface area contributed by atoms with Gasteiger partial charge >= 0.3 is 0 Å². The third kappa shape index (κ3) is 3.94. The number of hydrogen-bond donors (Lipinski definition) is 2. The number of amides is 1. The molecule has 0 aliphatic carbocycles. The Morgan fingerprint density at radius 3 is 2.81 bits per heavy atom. The number of rotatable bonds is 3. The Bertz CT molecular complexity index is 708. The summed E-state index contributed by atoms with van der Waals surface area (Å²) in [6.45, 7) is 3.81.